The average Bonchev–Trinajstić information content (AvgIpc) is 3.21. The second-order valence-electron chi connectivity index (χ2n) is 15.1. The van der Waals surface area contributed by atoms with Gasteiger partial charge in [0.1, 0.15) is 6.10 Å². The summed E-state index contributed by atoms with van der Waals surface area (Å²) in [5, 5.41) is 0. The molecule has 0 heterocycles. The maximum atomic E-state index is 12.5. The van der Waals surface area contributed by atoms with Crippen molar-refractivity contribution in [1.82, 2.24) is 4.90 Å². The Morgan fingerprint density at radius 2 is 1.68 bits per heavy atom. The lowest BCUT2D eigenvalue weighted by atomic mass is 9.41. The predicted octanol–water partition coefficient (Wildman–Crippen LogP) is 8.20. The summed E-state index contributed by atoms with van der Waals surface area (Å²) in [5.41, 5.74) is 2.65. The Morgan fingerprint density at radius 1 is 0.947 bits per heavy atom. The summed E-state index contributed by atoms with van der Waals surface area (Å²) in [6, 6.07) is 0. The SMILES string of the molecule is CC(C)CCC[C@H](C)[C@H]1CC[C@@H]2[C@]1(C)CC[C@H]1[C@@]2(C)CC=C2CC(OC(=O)CCC(=O)N(C)C)CC[C@@]21C. The number of fused-ring (bicyclic) bond motifs is 5. The molecule has 4 aliphatic carbocycles. The first-order valence-corrected chi connectivity index (χ1v) is 15.9. The summed E-state index contributed by atoms with van der Waals surface area (Å²) in [5.74, 6) is 3.86. The molecule has 3 fully saturated rings. The van der Waals surface area contributed by atoms with Gasteiger partial charge in [-0.15, -0.1) is 0 Å². The van der Waals surface area contributed by atoms with E-state index in [2.05, 4.69) is 47.6 Å². The summed E-state index contributed by atoms with van der Waals surface area (Å²) in [7, 11) is 3.46. The molecule has 8 atom stereocenters. The Labute approximate surface area is 233 Å². The van der Waals surface area contributed by atoms with Crippen molar-refractivity contribution in [3.05, 3.63) is 11.6 Å². The summed E-state index contributed by atoms with van der Waals surface area (Å²) < 4.78 is 5.90. The number of allylic oxidation sites excluding steroid dienone is 1. The van der Waals surface area contributed by atoms with Crippen LogP contribution in [0, 0.1) is 45.8 Å². The van der Waals surface area contributed by atoms with Crippen molar-refractivity contribution in [2.45, 2.75) is 131 Å². The number of amides is 1. The van der Waals surface area contributed by atoms with Gasteiger partial charge in [-0.2, -0.15) is 0 Å². The van der Waals surface area contributed by atoms with E-state index >= 15 is 0 Å². The zero-order chi connectivity index (χ0) is 27.9. The van der Waals surface area contributed by atoms with E-state index in [-0.39, 0.29) is 36.2 Å². The van der Waals surface area contributed by atoms with Crippen molar-refractivity contribution < 1.29 is 14.3 Å². The van der Waals surface area contributed by atoms with Gasteiger partial charge in [-0.3, -0.25) is 9.59 Å². The molecule has 0 radical (unpaired) electrons. The molecule has 0 aliphatic heterocycles. The Balaban J connectivity index is 1.42. The molecule has 0 saturated heterocycles. The van der Waals surface area contributed by atoms with Gasteiger partial charge in [0, 0.05) is 26.9 Å². The van der Waals surface area contributed by atoms with Crippen LogP contribution >= 0.6 is 0 Å². The van der Waals surface area contributed by atoms with E-state index in [1.807, 2.05) is 0 Å². The number of esters is 1. The first-order valence-electron chi connectivity index (χ1n) is 15.9. The van der Waals surface area contributed by atoms with Crippen molar-refractivity contribution in [1.29, 1.82) is 0 Å². The van der Waals surface area contributed by atoms with Crippen LogP contribution in [0.1, 0.15) is 125 Å². The van der Waals surface area contributed by atoms with Crippen LogP contribution < -0.4 is 0 Å². The maximum absolute atomic E-state index is 12.5. The molecular formula is C34H57NO3. The molecule has 0 aromatic heterocycles. The van der Waals surface area contributed by atoms with Crippen molar-refractivity contribution in [3.63, 3.8) is 0 Å². The second-order valence-corrected chi connectivity index (χ2v) is 15.1. The van der Waals surface area contributed by atoms with E-state index in [9.17, 15) is 9.59 Å². The van der Waals surface area contributed by atoms with Crippen LogP contribution in [0.4, 0.5) is 0 Å². The molecule has 0 spiro atoms. The zero-order valence-electron chi connectivity index (χ0n) is 25.9. The predicted molar refractivity (Wildman–Crippen MR) is 155 cm³/mol. The number of hydrogen-bond acceptors (Lipinski definition) is 3. The van der Waals surface area contributed by atoms with E-state index in [0.29, 0.717) is 10.8 Å². The second kappa shape index (κ2) is 11.3. The Kier molecular flexibility index (Phi) is 8.80. The Morgan fingerprint density at radius 3 is 2.37 bits per heavy atom. The van der Waals surface area contributed by atoms with E-state index in [1.165, 1.54) is 51.4 Å². The molecule has 3 saturated carbocycles. The summed E-state index contributed by atoms with van der Waals surface area (Å²) in [6.07, 6.45) is 16.8. The first kappa shape index (κ1) is 29.7. The lowest BCUT2D eigenvalue weighted by Gasteiger charge is -2.63. The van der Waals surface area contributed by atoms with Crippen molar-refractivity contribution in [3.8, 4) is 0 Å². The van der Waals surface area contributed by atoms with Crippen LogP contribution in [-0.4, -0.2) is 37.0 Å². The van der Waals surface area contributed by atoms with Gasteiger partial charge in [-0.1, -0.05) is 72.5 Å². The molecule has 1 amide bonds. The van der Waals surface area contributed by atoms with Gasteiger partial charge in [-0.05, 0) is 90.8 Å². The average molecular weight is 528 g/mol. The third-order valence-corrected chi connectivity index (χ3v) is 12.2. The summed E-state index contributed by atoms with van der Waals surface area (Å²) in [4.78, 5) is 25.9. The topological polar surface area (TPSA) is 46.6 Å². The van der Waals surface area contributed by atoms with Gasteiger partial charge in [0.05, 0.1) is 6.42 Å². The van der Waals surface area contributed by atoms with Gasteiger partial charge in [-0.25, -0.2) is 0 Å². The molecule has 4 nitrogen and oxygen atoms in total. The molecule has 0 aromatic carbocycles. The molecule has 1 unspecified atom stereocenters. The molecule has 0 bridgehead atoms. The number of carbonyl (C=O) groups is 2. The molecule has 38 heavy (non-hydrogen) atoms. The third kappa shape index (κ3) is 5.49. The Hall–Kier alpha value is -1.32. The van der Waals surface area contributed by atoms with Crippen LogP contribution in [-0.2, 0) is 14.3 Å². The lowest BCUT2D eigenvalue weighted by molar-refractivity contribution is -0.154. The van der Waals surface area contributed by atoms with Gasteiger partial charge in [0.15, 0.2) is 0 Å². The fourth-order valence-electron chi connectivity index (χ4n) is 10.1. The number of rotatable bonds is 9. The van der Waals surface area contributed by atoms with E-state index < -0.39 is 0 Å². The normalized spacial score (nSPS) is 39.0. The van der Waals surface area contributed by atoms with Crippen LogP contribution in [0.2, 0.25) is 0 Å². The van der Waals surface area contributed by atoms with E-state index in [4.69, 9.17) is 4.74 Å². The van der Waals surface area contributed by atoms with Crippen LogP contribution in [0.25, 0.3) is 0 Å². The van der Waals surface area contributed by atoms with Crippen LogP contribution in [0.3, 0.4) is 0 Å². The molecule has 4 rings (SSSR count). The summed E-state index contributed by atoms with van der Waals surface area (Å²) >= 11 is 0. The van der Waals surface area contributed by atoms with Crippen molar-refractivity contribution >= 4 is 11.9 Å². The molecule has 4 heteroatoms. The smallest absolute Gasteiger partial charge is 0.306 e. The van der Waals surface area contributed by atoms with E-state index in [0.717, 1.165) is 48.9 Å². The standard InChI is InChI=1S/C34H57NO3/c1-23(2)10-9-11-24(3)27-12-13-28-33(27,5)21-18-29-32(4)20-17-26(22-25(32)16-19-34(28,29)6)38-31(37)15-14-30(36)35(7)8/h16,23-24,26-29H,9-15,17-22H2,1-8H3/t24-,26?,27+,28+,29+,32-,33+,34-/m0/s1. The highest BCUT2D eigenvalue weighted by molar-refractivity contribution is 5.81. The van der Waals surface area contributed by atoms with Gasteiger partial charge < -0.3 is 9.64 Å². The van der Waals surface area contributed by atoms with Gasteiger partial charge in [0.25, 0.3) is 0 Å². The van der Waals surface area contributed by atoms with E-state index in [1.54, 1.807) is 24.6 Å². The first-order chi connectivity index (χ1) is 17.8. The zero-order valence-corrected chi connectivity index (χ0v) is 25.9. The number of nitrogens with zero attached hydrogens (tertiary/aromatic N) is 1. The minimum atomic E-state index is -0.219. The highest BCUT2D eigenvalue weighted by Gasteiger charge is 2.64. The molecule has 0 N–H and O–H groups in total. The van der Waals surface area contributed by atoms with Crippen molar-refractivity contribution in [2.75, 3.05) is 14.1 Å². The van der Waals surface area contributed by atoms with Gasteiger partial charge >= 0.3 is 5.97 Å². The molecular weight excluding hydrogens is 470 g/mol. The molecule has 4 aliphatic rings. The van der Waals surface area contributed by atoms with Gasteiger partial charge in [0.2, 0.25) is 5.91 Å². The maximum Gasteiger partial charge on any atom is 0.306 e. The fourth-order valence-corrected chi connectivity index (χ4v) is 10.1. The number of ether oxygens (including phenoxy) is 1. The Bertz CT molecular complexity index is 907. The summed E-state index contributed by atoms with van der Waals surface area (Å²) in [6.45, 7) is 15.1. The van der Waals surface area contributed by atoms with Crippen molar-refractivity contribution in [2.24, 2.45) is 45.8 Å². The number of hydrogen-bond donors (Lipinski definition) is 0. The highest BCUT2D eigenvalue weighted by Crippen LogP contribution is 2.72. The largest absolute Gasteiger partial charge is 0.462 e. The number of carbonyl (C=O) groups excluding carboxylic acids is 2. The lowest BCUT2D eigenvalue weighted by Crippen LogP contribution is -2.56. The molecule has 0 aromatic rings. The quantitative estimate of drug-likeness (QED) is 0.224. The molecule has 216 valence electrons. The fraction of sp³-hybridized carbons (Fsp3) is 0.882. The highest BCUT2D eigenvalue weighted by atomic mass is 16.5. The minimum absolute atomic E-state index is 0.0177. The monoisotopic (exact) mass is 527 g/mol. The van der Waals surface area contributed by atoms with Crippen LogP contribution in [0.15, 0.2) is 11.6 Å². The third-order valence-electron chi connectivity index (χ3n) is 12.2. The minimum Gasteiger partial charge on any atom is -0.462 e. The van der Waals surface area contributed by atoms with Crippen LogP contribution in [0.5, 0.6) is 0 Å².